The second kappa shape index (κ2) is 9.61. The molecule has 0 spiro atoms. The van der Waals surface area contributed by atoms with Crippen molar-refractivity contribution in [2.75, 3.05) is 10.6 Å². The molecule has 174 valence electrons. The largest absolute Gasteiger partial charge is 0.324 e. The molecule has 2 amide bonds. The van der Waals surface area contributed by atoms with E-state index in [4.69, 9.17) is 0 Å². The number of hydrogen-bond donors (Lipinski definition) is 2. The lowest BCUT2D eigenvalue weighted by molar-refractivity contribution is -0.116. The molecule has 34 heavy (non-hydrogen) atoms. The van der Waals surface area contributed by atoms with Gasteiger partial charge in [-0.3, -0.25) is 19.0 Å². The quantitative estimate of drug-likeness (QED) is 0.418. The third kappa shape index (κ3) is 4.63. The Morgan fingerprint density at radius 2 is 1.79 bits per heavy atom. The number of rotatable bonds is 6. The average molecular weight is 475 g/mol. The summed E-state index contributed by atoms with van der Waals surface area (Å²) in [6, 6.07) is 13.4. The van der Waals surface area contributed by atoms with Crippen LogP contribution in [0.25, 0.3) is 10.2 Å². The molecule has 0 saturated heterocycles. The molecule has 0 aliphatic carbocycles. The zero-order valence-electron chi connectivity index (χ0n) is 19.6. The van der Waals surface area contributed by atoms with Crippen LogP contribution in [0.4, 0.5) is 11.4 Å². The fourth-order valence-electron chi connectivity index (χ4n) is 3.92. The number of aryl methyl sites for hydroxylation is 4. The zero-order valence-corrected chi connectivity index (χ0v) is 20.4. The third-order valence-corrected chi connectivity index (χ3v) is 6.94. The summed E-state index contributed by atoms with van der Waals surface area (Å²) in [6.45, 7) is 7.51. The summed E-state index contributed by atoms with van der Waals surface area (Å²) in [6.07, 6.45) is 2.14. The van der Waals surface area contributed by atoms with Crippen molar-refractivity contribution in [2.24, 2.45) is 0 Å². The number of para-hydroxylation sites is 1. The second-order valence-electron chi connectivity index (χ2n) is 8.25. The first-order valence-electron chi connectivity index (χ1n) is 11.0. The van der Waals surface area contributed by atoms with Gasteiger partial charge in [0.15, 0.2) is 0 Å². The molecule has 0 aliphatic heterocycles. The van der Waals surface area contributed by atoms with E-state index in [1.54, 1.807) is 6.92 Å². The predicted octanol–water partition coefficient (Wildman–Crippen LogP) is 4.84. The van der Waals surface area contributed by atoms with Crippen LogP contribution in [0, 0.1) is 20.8 Å². The number of nitrogens with zero attached hydrogens (tertiary/aromatic N) is 2. The van der Waals surface area contributed by atoms with Crippen LogP contribution in [0.1, 0.15) is 38.8 Å². The molecule has 0 fully saturated rings. The molecule has 0 bridgehead atoms. The van der Waals surface area contributed by atoms with Crippen LogP contribution in [0.2, 0.25) is 0 Å². The van der Waals surface area contributed by atoms with E-state index in [0.717, 1.165) is 34.5 Å². The topological polar surface area (TPSA) is 93.1 Å². The normalized spacial score (nSPS) is 10.9. The van der Waals surface area contributed by atoms with Gasteiger partial charge < -0.3 is 10.6 Å². The second-order valence-corrected chi connectivity index (χ2v) is 9.24. The maximum atomic E-state index is 13.2. The van der Waals surface area contributed by atoms with Crippen molar-refractivity contribution < 1.29 is 9.59 Å². The van der Waals surface area contributed by atoms with Crippen molar-refractivity contribution in [1.29, 1.82) is 0 Å². The fourth-order valence-corrected chi connectivity index (χ4v) is 4.95. The molecule has 2 aromatic carbocycles. The summed E-state index contributed by atoms with van der Waals surface area (Å²) in [7, 11) is 0. The molecular weight excluding hydrogens is 448 g/mol. The fraction of sp³-hybridized carbons (Fsp3) is 0.231. The summed E-state index contributed by atoms with van der Waals surface area (Å²) in [5, 5.41) is 6.16. The maximum absolute atomic E-state index is 13.2. The van der Waals surface area contributed by atoms with Crippen LogP contribution in [0.3, 0.4) is 0 Å². The standard InChI is InChI=1S/C26H26N4O3S/c1-5-18-8-6-7-9-20(18)28-21(31)13-30-14-27-25-22(26(30)33)17(4)23(34-25)24(32)29-19-11-10-15(2)12-16(19)3/h6-12,14H,5,13H2,1-4H3,(H,28,31)(H,29,32). The van der Waals surface area contributed by atoms with Crippen LogP contribution in [0.15, 0.2) is 53.6 Å². The molecule has 4 rings (SSSR count). The number of fused-ring (bicyclic) bond motifs is 1. The Bertz CT molecular complexity index is 1470. The highest BCUT2D eigenvalue weighted by molar-refractivity contribution is 7.20. The van der Waals surface area contributed by atoms with E-state index in [9.17, 15) is 14.4 Å². The summed E-state index contributed by atoms with van der Waals surface area (Å²) in [5.41, 5.74) is 4.76. The van der Waals surface area contributed by atoms with Gasteiger partial charge in [-0.1, -0.05) is 42.8 Å². The summed E-state index contributed by atoms with van der Waals surface area (Å²) in [4.78, 5) is 44.0. The molecule has 0 unspecified atom stereocenters. The Labute approximate surface area is 201 Å². The number of benzene rings is 2. The van der Waals surface area contributed by atoms with Gasteiger partial charge >= 0.3 is 0 Å². The van der Waals surface area contributed by atoms with E-state index in [2.05, 4.69) is 15.6 Å². The molecule has 0 aliphatic rings. The van der Waals surface area contributed by atoms with Gasteiger partial charge in [0.25, 0.3) is 11.5 Å². The Balaban J connectivity index is 1.59. The first kappa shape index (κ1) is 23.4. The van der Waals surface area contributed by atoms with Crippen molar-refractivity contribution >= 4 is 44.7 Å². The first-order chi connectivity index (χ1) is 16.3. The highest BCUT2D eigenvalue weighted by Gasteiger charge is 2.20. The zero-order chi connectivity index (χ0) is 24.4. The Morgan fingerprint density at radius 1 is 1.03 bits per heavy atom. The van der Waals surface area contributed by atoms with E-state index in [-0.39, 0.29) is 23.9 Å². The summed E-state index contributed by atoms with van der Waals surface area (Å²) in [5.74, 6) is -0.600. The van der Waals surface area contributed by atoms with E-state index in [1.165, 1.54) is 22.2 Å². The Hall–Kier alpha value is -3.78. The van der Waals surface area contributed by atoms with E-state index in [1.807, 2.05) is 63.2 Å². The highest BCUT2D eigenvalue weighted by atomic mass is 32.1. The highest BCUT2D eigenvalue weighted by Crippen LogP contribution is 2.28. The predicted molar refractivity (Wildman–Crippen MR) is 137 cm³/mol. The smallest absolute Gasteiger partial charge is 0.266 e. The van der Waals surface area contributed by atoms with Crippen molar-refractivity contribution in [3.8, 4) is 0 Å². The summed E-state index contributed by atoms with van der Waals surface area (Å²) < 4.78 is 1.28. The molecule has 0 saturated carbocycles. The molecule has 2 N–H and O–H groups in total. The number of aromatic nitrogens is 2. The van der Waals surface area contributed by atoms with Gasteiger partial charge in [-0.15, -0.1) is 11.3 Å². The average Bonchev–Trinajstić information content (AvgIpc) is 3.15. The summed E-state index contributed by atoms with van der Waals surface area (Å²) >= 11 is 1.17. The molecule has 4 aromatic rings. The number of carbonyl (C=O) groups excluding carboxylic acids is 2. The SMILES string of the molecule is CCc1ccccc1NC(=O)Cn1cnc2sc(C(=O)Nc3ccc(C)cc3C)c(C)c2c1=O. The number of anilines is 2. The van der Waals surface area contributed by atoms with Gasteiger partial charge in [0.1, 0.15) is 11.4 Å². The lowest BCUT2D eigenvalue weighted by atomic mass is 10.1. The molecule has 7 nitrogen and oxygen atoms in total. The minimum Gasteiger partial charge on any atom is -0.324 e. The van der Waals surface area contributed by atoms with Crippen LogP contribution >= 0.6 is 11.3 Å². The van der Waals surface area contributed by atoms with E-state index in [0.29, 0.717) is 20.7 Å². The molecule has 8 heteroatoms. The lowest BCUT2D eigenvalue weighted by Crippen LogP contribution is -2.28. The van der Waals surface area contributed by atoms with Crippen molar-refractivity contribution in [3.63, 3.8) is 0 Å². The molecular formula is C26H26N4O3S. The number of nitrogens with one attached hydrogen (secondary N) is 2. The van der Waals surface area contributed by atoms with Crippen LogP contribution in [0.5, 0.6) is 0 Å². The van der Waals surface area contributed by atoms with Gasteiger partial charge in [0.2, 0.25) is 5.91 Å². The Morgan fingerprint density at radius 3 is 2.53 bits per heavy atom. The van der Waals surface area contributed by atoms with Gasteiger partial charge in [-0.25, -0.2) is 4.98 Å². The van der Waals surface area contributed by atoms with E-state index >= 15 is 0 Å². The van der Waals surface area contributed by atoms with Crippen molar-refractivity contribution in [2.45, 2.75) is 40.7 Å². The number of thiophene rings is 1. The van der Waals surface area contributed by atoms with Gasteiger partial charge in [-0.2, -0.15) is 0 Å². The van der Waals surface area contributed by atoms with Crippen LogP contribution in [-0.2, 0) is 17.8 Å². The molecule has 0 atom stereocenters. The maximum Gasteiger partial charge on any atom is 0.266 e. The molecule has 2 heterocycles. The van der Waals surface area contributed by atoms with Crippen LogP contribution in [-0.4, -0.2) is 21.4 Å². The van der Waals surface area contributed by atoms with Gasteiger partial charge in [-0.05, 0) is 56.0 Å². The lowest BCUT2D eigenvalue weighted by Gasteiger charge is -2.10. The minimum atomic E-state index is -0.344. The molecule has 0 radical (unpaired) electrons. The van der Waals surface area contributed by atoms with Gasteiger partial charge in [0, 0.05) is 11.4 Å². The Kier molecular flexibility index (Phi) is 6.61. The third-order valence-electron chi connectivity index (χ3n) is 5.74. The minimum absolute atomic E-state index is 0.167. The van der Waals surface area contributed by atoms with Crippen molar-refractivity contribution in [3.05, 3.63) is 86.3 Å². The van der Waals surface area contributed by atoms with Crippen LogP contribution < -0.4 is 16.2 Å². The molecule has 2 aromatic heterocycles. The number of amides is 2. The van der Waals surface area contributed by atoms with E-state index < -0.39 is 0 Å². The number of hydrogen-bond acceptors (Lipinski definition) is 5. The number of carbonyl (C=O) groups is 2. The first-order valence-corrected chi connectivity index (χ1v) is 11.8. The van der Waals surface area contributed by atoms with Gasteiger partial charge in [0.05, 0.1) is 16.6 Å². The van der Waals surface area contributed by atoms with Crippen molar-refractivity contribution in [1.82, 2.24) is 9.55 Å². The monoisotopic (exact) mass is 474 g/mol.